The minimum atomic E-state index is -1.63. The molecule has 0 aromatic carbocycles. The van der Waals surface area contributed by atoms with Gasteiger partial charge in [0.05, 0.1) is 10.8 Å². The first kappa shape index (κ1) is 23.0. The van der Waals surface area contributed by atoms with Crippen LogP contribution in [0.1, 0.15) is 34.6 Å². The lowest BCUT2D eigenvalue weighted by Crippen LogP contribution is -2.63. The summed E-state index contributed by atoms with van der Waals surface area (Å²) in [5.41, 5.74) is -1.17. The monoisotopic (exact) mass is 408 g/mol. The summed E-state index contributed by atoms with van der Waals surface area (Å²) in [6, 6.07) is 0. The molecule has 0 spiro atoms. The van der Waals surface area contributed by atoms with Gasteiger partial charge in [-0.1, -0.05) is 6.92 Å². The molecular formula is C16H24O10S. The van der Waals surface area contributed by atoms with Gasteiger partial charge in [0, 0.05) is 33.4 Å². The molecule has 0 saturated carbocycles. The first-order valence-corrected chi connectivity index (χ1v) is 9.62. The predicted octanol–water partition coefficient (Wildman–Crippen LogP) is -0.162. The Balaban J connectivity index is 3.33. The molecule has 0 bridgehead atoms. The summed E-state index contributed by atoms with van der Waals surface area (Å²) in [4.78, 5) is 45.8. The number of rotatable bonds is 7. The Morgan fingerprint density at radius 2 is 1.30 bits per heavy atom. The lowest BCUT2D eigenvalue weighted by molar-refractivity contribution is -0.238. The van der Waals surface area contributed by atoms with Crippen LogP contribution in [0, 0.1) is 0 Å². The quantitative estimate of drug-likeness (QED) is 0.413. The third kappa shape index (κ3) is 6.90. The van der Waals surface area contributed by atoms with Gasteiger partial charge < -0.3 is 23.7 Å². The standard InChI is InChI=1S/C16H24O10S/c1-6-27(21)16-15(25-11(5)20)14(24-10(4)19)13(23-9(3)18)12(26-16)7-22-8(2)17/h12-16H,6-7H2,1-5H3/t12-,13-,14+,15+,16-,27?/m1/s1. The van der Waals surface area contributed by atoms with Crippen molar-refractivity contribution < 1.29 is 47.1 Å². The Morgan fingerprint density at radius 3 is 1.74 bits per heavy atom. The molecule has 1 heterocycles. The molecule has 1 unspecified atom stereocenters. The Hall–Kier alpha value is -2.01. The highest BCUT2D eigenvalue weighted by atomic mass is 32.2. The van der Waals surface area contributed by atoms with Crippen LogP contribution in [0.15, 0.2) is 0 Å². The zero-order valence-corrected chi connectivity index (χ0v) is 16.6. The molecule has 154 valence electrons. The summed E-state index contributed by atoms with van der Waals surface area (Å²) in [5, 5.41) is 0. The van der Waals surface area contributed by atoms with Crippen molar-refractivity contribution in [1.29, 1.82) is 0 Å². The Morgan fingerprint density at radius 1 is 0.815 bits per heavy atom. The first-order chi connectivity index (χ1) is 12.6. The number of carbonyl (C=O) groups is 4. The second-order valence-electron chi connectivity index (χ2n) is 5.74. The van der Waals surface area contributed by atoms with Crippen LogP contribution in [0.2, 0.25) is 0 Å². The summed E-state index contributed by atoms with van der Waals surface area (Å²) >= 11 is 0. The maximum atomic E-state index is 12.4. The molecule has 0 aromatic heterocycles. The number of hydrogen-bond acceptors (Lipinski definition) is 10. The van der Waals surface area contributed by atoms with Crippen molar-refractivity contribution in [3.05, 3.63) is 0 Å². The molecule has 0 N–H and O–H groups in total. The molecule has 1 aliphatic heterocycles. The fourth-order valence-corrected chi connectivity index (χ4v) is 3.67. The SMILES string of the molecule is CCS(=O)[C@H]1O[C@H](COC(C)=O)[C@@H](OC(C)=O)[C@H](OC(C)=O)[C@@H]1OC(C)=O. The van der Waals surface area contributed by atoms with E-state index in [1.54, 1.807) is 6.92 Å². The summed E-state index contributed by atoms with van der Waals surface area (Å²) in [7, 11) is -1.63. The van der Waals surface area contributed by atoms with Crippen LogP contribution in [0.5, 0.6) is 0 Å². The van der Waals surface area contributed by atoms with Gasteiger partial charge in [0.15, 0.2) is 23.7 Å². The summed E-state index contributed by atoms with van der Waals surface area (Å²) in [6.07, 6.45) is -4.87. The molecule has 1 fully saturated rings. The summed E-state index contributed by atoms with van der Waals surface area (Å²) in [5.74, 6) is -2.62. The van der Waals surface area contributed by atoms with E-state index in [9.17, 15) is 23.4 Å². The highest BCUT2D eigenvalue weighted by molar-refractivity contribution is 7.85. The lowest BCUT2D eigenvalue weighted by atomic mass is 9.99. The molecule has 1 aliphatic rings. The molecule has 10 nitrogen and oxygen atoms in total. The average molecular weight is 408 g/mol. The van der Waals surface area contributed by atoms with Crippen LogP contribution < -0.4 is 0 Å². The van der Waals surface area contributed by atoms with Gasteiger partial charge in [-0.3, -0.25) is 23.4 Å². The van der Waals surface area contributed by atoms with Crippen LogP contribution in [-0.2, 0) is 53.7 Å². The number of carbonyl (C=O) groups excluding carboxylic acids is 4. The van der Waals surface area contributed by atoms with E-state index in [2.05, 4.69) is 0 Å². The Kier molecular flexibility index (Phi) is 8.83. The van der Waals surface area contributed by atoms with Crippen molar-refractivity contribution in [2.45, 2.75) is 64.5 Å². The van der Waals surface area contributed by atoms with Crippen LogP contribution in [0.3, 0.4) is 0 Å². The molecule has 11 heteroatoms. The van der Waals surface area contributed by atoms with E-state index in [1.165, 1.54) is 6.92 Å². The molecule has 0 radical (unpaired) electrons. The largest absolute Gasteiger partial charge is 0.463 e. The smallest absolute Gasteiger partial charge is 0.303 e. The molecule has 27 heavy (non-hydrogen) atoms. The van der Waals surface area contributed by atoms with Gasteiger partial charge in [0.2, 0.25) is 0 Å². The van der Waals surface area contributed by atoms with Crippen molar-refractivity contribution in [1.82, 2.24) is 0 Å². The van der Waals surface area contributed by atoms with E-state index in [0.29, 0.717) is 0 Å². The molecule has 0 amide bonds. The van der Waals surface area contributed by atoms with Crippen molar-refractivity contribution in [2.75, 3.05) is 12.4 Å². The highest BCUT2D eigenvalue weighted by Gasteiger charge is 2.53. The minimum Gasteiger partial charge on any atom is -0.463 e. The zero-order chi connectivity index (χ0) is 20.7. The fraction of sp³-hybridized carbons (Fsp3) is 0.750. The number of esters is 4. The summed E-state index contributed by atoms with van der Waals surface area (Å²) in [6.45, 7) is 5.85. The second kappa shape index (κ2) is 10.4. The van der Waals surface area contributed by atoms with E-state index < -0.39 is 64.5 Å². The highest BCUT2D eigenvalue weighted by Crippen LogP contribution is 2.30. The van der Waals surface area contributed by atoms with Crippen LogP contribution in [-0.4, -0.2) is 70.3 Å². The van der Waals surface area contributed by atoms with Crippen LogP contribution in [0.25, 0.3) is 0 Å². The minimum absolute atomic E-state index is 0.160. The lowest BCUT2D eigenvalue weighted by Gasteiger charge is -2.43. The van der Waals surface area contributed by atoms with Gasteiger partial charge in [0.1, 0.15) is 12.7 Å². The number of hydrogen-bond donors (Lipinski definition) is 0. The molecular weight excluding hydrogens is 384 g/mol. The maximum Gasteiger partial charge on any atom is 0.303 e. The zero-order valence-electron chi connectivity index (χ0n) is 15.8. The van der Waals surface area contributed by atoms with Gasteiger partial charge in [-0.15, -0.1) is 0 Å². The van der Waals surface area contributed by atoms with Crippen LogP contribution in [0.4, 0.5) is 0 Å². The molecule has 6 atom stereocenters. The Bertz CT molecular complexity index is 604. The maximum absolute atomic E-state index is 12.4. The predicted molar refractivity (Wildman–Crippen MR) is 90.6 cm³/mol. The van der Waals surface area contributed by atoms with Gasteiger partial charge >= 0.3 is 23.9 Å². The van der Waals surface area contributed by atoms with Crippen molar-refractivity contribution in [2.24, 2.45) is 0 Å². The van der Waals surface area contributed by atoms with Gasteiger partial charge in [-0.25, -0.2) is 0 Å². The fourth-order valence-electron chi connectivity index (χ4n) is 2.56. The normalized spacial score (nSPS) is 28.6. The third-order valence-corrected chi connectivity index (χ3v) is 4.96. The first-order valence-electron chi connectivity index (χ1n) is 8.24. The molecule has 1 saturated heterocycles. The summed E-state index contributed by atoms with van der Waals surface area (Å²) < 4.78 is 38.7. The molecule has 0 aromatic rings. The van der Waals surface area contributed by atoms with Gasteiger partial charge in [0.25, 0.3) is 0 Å². The van der Waals surface area contributed by atoms with Gasteiger partial charge in [-0.2, -0.15) is 0 Å². The van der Waals surface area contributed by atoms with Gasteiger partial charge in [-0.05, 0) is 0 Å². The third-order valence-electron chi connectivity index (χ3n) is 3.49. The van der Waals surface area contributed by atoms with E-state index >= 15 is 0 Å². The van der Waals surface area contributed by atoms with Crippen molar-refractivity contribution in [3.8, 4) is 0 Å². The van der Waals surface area contributed by atoms with Crippen molar-refractivity contribution >= 4 is 34.7 Å². The van der Waals surface area contributed by atoms with Crippen molar-refractivity contribution in [3.63, 3.8) is 0 Å². The average Bonchev–Trinajstić information content (AvgIpc) is 2.54. The number of ether oxygens (including phenoxy) is 5. The van der Waals surface area contributed by atoms with E-state index in [0.717, 1.165) is 20.8 Å². The molecule has 1 rings (SSSR count). The Labute approximate surface area is 159 Å². The van der Waals surface area contributed by atoms with E-state index in [-0.39, 0.29) is 12.4 Å². The van der Waals surface area contributed by atoms with E-state index in [1.807, 2.05) is 0 Å². The topological polar surface area (TPSA) is 132 Å². The molecule has 0 aliphatic carbocycles. The second-order valence-corrected chi connectivity index (χ2v) is 7.54. The van der Waals surface area contributed by atoms with E-state index in [4.69, 9.17) is 23.7 Å². The van der Waals surface area contributed by atoms with Crippen LogP contribution >= 0.6 is 0 Å².